The number of hydrogen-bond acceptors (Lipinski definition) is 10. The van der Waals surface area contributed by atoms with E-state index >= 15 is 0 Å². The summed E-state index contributed by atoms with van der Waals surface area (Å²) in [7, 11) is -3.63. The Morgan fingerprint density at radius 2 is 1.81 bits per heavy atom. The van der Waals surface area contributed by atoms with E-state index in [0.717, 1.165) is 12.8 Å². The van der Waals surface area contributed by atoms with Gasteiger partial charge in [-0.15, -0.1) is 0 Å². The van der Waals surface area contributed by atoms with Crippen molar-refractivity contribution < 1.29 is 28.2 Å². The zero-order valence-corrected chi connectivity index (χ0v) is 20.7. The minimum absolute atomic E-state index is 0.0465. The van der Waals surface area contributed by atoms with Gasteiger partial charge in [-0.25, -0.2) is 13.4 Å². The van der Waals surface area contributed by atoms with E-state index in [4.69, 9.17) is 9.84 Å². The van der Waals surface area contributed by atoms with Crippen molar-refractivity contribution in [2.45, 2.75) is 42.7 Å². The Morgan fingerprint density at radius 3 is 2.47 bits per heavy atom. The molecule has 0 atom stereocenters. The number of aliphatic hydroxyl groups excluding tert-OH is 2. The van der Waals surface area contributed by atoms with Crippen LogP contribution in [0.5, 0.6) is 0 Å². The highest BCUT2D eigenvalue weighted by Gasteiger charge is 2.26. The summed E-state index contributed by atoms with van der Waals surface area (Å²) in [4.78, 5) is 21.9. The van der Waals surface area contributed by atoms with Gasteiger partial charge >= 0.3 is 0 Å². The van der Waals surface area contributed by atoms with E-state index in [9.17, 15) is 18.3 Å². The Morgan fingerprint density at radius 1 is 1.11 bits per heavy atom. The van der Waals surface area contributed by atoms with Crippen LogP contribution in [0.4, 0.5) is 17.5 Å². The van der Waals surface area contributed by atoms with E-state index in [1.54, 1.807) is 12.1 Å². The molecule has 1 saturated heterocycles. The molecule has 2 aromatic rings. The highest BCUT2D eigenvalue weighted by Crippen LogP contribution is 2.25. The van der Waals surface area contributed by atoms with Gasteiger partial charge in [-0.3, -0.25) is 4.79 Å². The zero-order chi connectivity index (χ0) is 25.5. The molecule has 1 saturated carbocycles. The summed E-state index contributed by atoms with van der Waals surface area (Å²) in [6, 6.07) is 6.05. The molecule has 12 nitrogen and oxygen atoms in total. The number of nitrogens with zero attached hydrogens (tertiary/aromatic N) is 3. The van der Waals surface area contributed by atoms with Gasteiger partial charge in [0, 0.05) is 37.6 Å². The van der Waals surface area contributed by atoms with Gasteiger partial charge in [0.25, 0.3) is 5.91 Å². The average Bonchev–Trinajstić information content (AvgIpc) is 2.89. The maximum Gasteiger partial charge on any atom is 0.260 e. The van der Waals surface area contributed by atoms with Crippen LogP contribution in [-0.2, 0) is 14.8 Å². The Hall–Kier alpha value is -2.84. The molecule has 36 heavy (non-hydrogen) atoms. The predicted molar refractivity (Wildman–Crippen MR) is 133 cm³/mol. The molecular weight excluding hydrogens is 488 g/mol. The number of sulfonamides is 1. The highest BCUT2D eigenvalue weighted by molar-refractivity contribution is 7.89. The molecule has 1 amide bonds. The molecule has 2 heterocycles. The smallest absolute Gasteiger partial charge is 0.260 e. The molecule has 1 aromatic heterocycles. The molecule has 0 unspecified atom stereocenters. The average molecular weight is 521 g/mol. The number of benzene rings is 1. The highest BCUT2D eigenvalue weighted by atomic mass is 32.2. The minimum atomic E-state index is -3.63. The fourth-order valence-electron chi connectivity index (χ4n) is 4.17. The summed E-state index contributed by atoms with van der Waals surface area (Å²) in [5, 5.41) is 27.8. The topological polar surface area (TPSA) is 166 Å². The number of morpholine rings is 1. The van der Waals surface area contributed by atoms with Crippen LogP contribution in [0.1, 0.15) is 36.0 Å². The van der Waals surface area contributed by atoms with E-state index in [1.807, 2.05) is 0 Å². The summed E-state index contributed by atoms with van der Waals surface area (Å²) in [6.07, 6.45) is 3.90. The molecule has 1 aromatic carbocycles. The molecular formula is C23H32N6O6S. The Balaban J connectivity index is 1.48. The number of nitrogens with one attached hydrogen (secondary N) is 3. The molecule has 2 aliphatic rings. The maximum atomic E-state index is 13.1. The van der Waals surface area contributed by atoms with E-state index < -0.39 is 15.9 Å². The van der Waals surface area contributed by atoms with Crippen LogP contribution in [0, 0.1) is 0 Å². The summed E-state index contributed by atoms with van der Waals surface area (Å²) in [5.74, 6) is 0.165. The van der Waals surface area contributed by atoms with Crippen LogP contribution in [0.15, 0.2) is 35.4 Å². The molecule has 5 N–H and O–H groups in total. The lowest BCUT2D eigenvalue weighted by Crippen LogP contribution is -2.40. The van der Waals surface area contributed by atoms with E-state index in [2.05, 4.69) is 25.9 Å². The number of amides is 1. The van der Waals surface area contributed by atoms with Gasteiger partial charge in [-0.1, -0.05) is 0 Å². The van der Waals surface area contributed by atoms with Crippen LogP contribution < -0.4 is 16.0 Å². The number of carbonyl (C=O) groups excluding carboxylic acids is 1. The summed E-state index contributed by atoms with van der Waals surface area (Å²) >= 11 is 0. The number of ether oxygens (including phenoxy) is 1. The molecule has 0 bridgehead atoms. The van der Waals surface area contributed by atoms with Crippen molar-refractivity contribution in [2.24, 2.45) is 0 Å². The Labute approximate surface area is 210 Å². The third kappa shape index (κ3) is 6.48. The summed E-state index contributed by atoms with van der Waals surface area (Å²) < 4.78 is 32.3. The maximum absolute atomic E-state index is 13.1. The molecule has 13 heteroatoms. The quantitative estimate of drug-likeness (QED) is 0.320. The lowest BCUT2D eigenvalue weighted by Gasteiger charge is -2.27. The standard InChI is InChI=1S/C23H32N6O6S/c30-12-9-24-23-25-15-20(21(28-23)26-16-1-5-18(31)6-2-16)22(32)27-17-3-7-19(8-4-17)36(33,34)29-10-13-35-14-11-29/h3-4,7-8,15-16,18,30-31H,1-2,5-6,9-14H2,(H,27,32)(H2,24,25,26,28). The number of aliphatic hydroxyl groups is 2. The van der Waals surface area contributed by atoms with Crippen molar-refractivity contribution in [1.29, 1.82) is 0 Å². The number of anilines is 3. The van der Waals surface area contributed by atoms with Crippen molar-refractivity contribution >= 4 is 33.4 Å². The van der Waals surface area contributed by atoms with Gasteiger partial charge in [0.1, 0.15) is 11.4 Å². The number of hydrogen-bond donors (Lipinski definition) is 5. The second kappa shape index (κ2) is 11.9. The first kappa shape index (κ1) is 26.2. The van der Waals surface area contributed by atoms with Gasteiger partial charge in [0.2, 0.25) is 16.0 Å². The molecule has 1 aliphatic heterocycles. The van der Waals surface area contributed by atoms with Crippen molar-refractivity contribution in [3.8, 4) is 0 Å². The van der Waals surface area contributed by atoms with E-state index in [1.165, 1.54) is 22.6 Å². The summed E-state index contributed by atoms with van der Waals surface area (Å²) in [5.41, 5.74) is 0.649. The molecule has 2 fully saturated rings. The third-order valence-corrected chi connectivity index (χ3v) is 8.10. The Kier molecular flexibility index (Phi) is 8.69. The van der Waals surface area contributed by atoms with Crippen molar-refractivity contribution in [3.63, 3.8) is 0 Å². The number of aromatic nitrogens is 2. The predicted octanol–water partition coefficient (Wildman–Crippen LogP) is 0.869. The second-order valence-electron chi connectivity index (χ2n) is 8.75. The van der Waals surface area contributed by atoms with Gasteiger partial charge in [-0.2, -0.15) is 9.29 Å². The van der Waals surface area contributed by atoms with Crippen molar-refractivity contribution in [2.75, 3.05) is 55.4 Å². The van der Waals surface area contributed by atoms with Crippen LogP contribution in [0.2, 0.25) is 0 Å². The summed E-state index contributed by atoms with van der Waals surface area (Å²) in [6.45, 7) is 1.51. The molecule has 0 radical (unpaired) electrons. The fraction of sp³-hybridized carbons (Fsp3) is 0.522. The molecule has 0 spiro atoms. The second-order valence-corrected chi connectivity index (χ2v) is 10.7. The molecule has 1 aliphatic carbocycles. The zero-order valence-electron chi connectivity index (χ0n) is 19.9. The SMILES string of the molecule is O=C(Nc1ccc(S(=O)(=O)N2CCOCC2)cc1)c1cnc(NCCO)nc1NC1CCC(O)CC1. The number of carbonyl (C=O) groups is 1. The Bertz CT molecular complexity index is 1130. The van der Waals surface area contributed by atoms with Gasteiger partial charge in [0.05, 0.1) is 30.8 Å². The molecule has 196 valence electrons. The van der Waals surface area contributed by atoms with E-state index in [-0.39, 0.29) is 41.7 Å². The van der Waals surface area contributed by atoms with Gasteiger partial charge < -0.3 is 30.9 Å². The van der Waals surface area contributed by atoms with Crippen molar-refractivity contribution in [1.82, 2.24) is 14.3 Å². The van der Waals surface area contributed by atoms with Crippen LogP contribution in [-0.4, -0.2) is 90.4 Å². The monoisotopic (exact) mass is 520 g/mol. The first-order valence-corrected chi connectivity index (χ1v) is 13.5. The van der Waals surface area contributed by atoms with Crippen LogP contribution in [0.3, 0.4) is 0 Å². The van der Waals surface area contributed by atoms with Crippen LogP contribution >= 0.6 is 0 Å². The van der Waals surface area contributed by atoms with Gasteiger partial charge in [-0.05, 0) is 49.9 Å². The number of rotatable bonds is 9. The molecule has 4 rings (SSSR count). The lowest BCUT2D eigenvalue weighted by molar-refractivity contribution is 0.0730. The lowest BCUT2D eigenvalue weighted by atomic mass is 9.93. The fourth-order valence-corrected chi connectivity index (χ4v) is 5.58. The van der Waals surface area contributed by atoms with Crippen molar-refractivity contribution in [3.05, 3.63) is 36.0 Å². The first-order valence-electron chi connectivity index (χ1n) is 12.0. The van der Waals surface area contributed by atoms with Crippen LogP contribution in [0.25, 0.3) is 0 Å². The third-order valence-electron chi connectivity index (χ3n) is 6.19. The minimum Gasteiger partial charge on any atom is -0.395 e. The normalized spacial score (nSPS) is 21.1. The van der Waals surface area contributed by atoms with Gasteiger partial charge in [0.15, 0.2) is 0 Å². The first-order chi connectivity index (χ1) is 17.4. The largest absolute Gasteiger partial charge is 0.395 e. The van der Waals surface area contributed by atoms with E-state index in [0.29, 0.717) is 50.7 Å².